The highest BCUT2D eigenvalue weighted by molar-refractivity contribution is 6.04. The Morgan fingerprint density at radius 1 is 1.12 bits per heavy atom. The van der Waals surface area contributed by atoms with Gasteiger partial charge in [-0.25, -0.2) is 9.97 Å². The second-order valence-electron chi connectivity index (χ2n) is 6.18. The smallest absolute Gasteiger partial charge is 0.274 e. The van der Waals surface area contributed by atoms with Crippen molar-refractivity contribution in [2.45, 2.75) is 40.5 Å². The molecule has 5 nitrogen and oxygen atoms in total. The molecule has 1 aromatic carbocycles. The van der Waals surface area contributed by atoms with Crippen molar-refractivity contribution in [1.82, 2.24) is 9.97 Å². The third-order valence-corrected chi connectivity index (χ3v) is 3.83. The Morgan fingerprint density at radius 2 is 1.79 bits per heavy atom. The van der Waals surface area contributed by atoms with E-state index in [2.05, 4.69) is 48.3 Å². The molecule has 5 heteroatoms. The molecule has 0 atom stereocenters. The molecule has 1 amide bonds. The van der Waals surface area contributed by atoms with E-state index in [1.165, 1.54) is 6.33 Å². The van der Waals surface area contributed by atoms with E-state index in [9.17, 15) is 4.79 Å². The number of benzene rings is 1. The van der Waals surface area contributed by atoms with Crippen molar-refractivity contribution in [1.29, 1.82) is 0 Å². The van der Waals surface area contributed by atoms with E-state index in [0.717, 1.165) is 36.2 Å². The molecule has 2 aromatic rings. The number of amides is 1. The van der Waals surface area contributed by atoms with Gasteiger partial charge in [-0.05, 0) is 29.9 Å². The number of carbonyl (C=O) groups is 1. The van der Waals surface area contributed by atoms with Crippen LogP contribution in [-0.4, -0.2) is 22.4 Å². The lowest BCUT2D eigenvalue weighted by Gasteiger charge is -2.14. The fraction of sp³-hybridized carbons (Fsp3) is 0.421. The van der Waals surface area contributed by atoms with Crippen LogP contribution in [-0.2, 0) is 12.8 Å². The number of nitrogens with zero attached hydrogens (tertiary/aromatic N) is 2. The highest BCUT2D eigenvalue weighted by Crippen LogP contribution is 2.23. The lowest BCUT2D eigenvalue weighted by atomic mass is 10.0. The summed E-state index contributed by atoms with van der Waals surface area (Å²) in [6.45, 7) is 9.22. The number of hydrogen-bond acceptors (Lipinski definition) is 4. The maximum atomic E-state index is 12.6. The van der Waals surface area contributed by atoms with E-state index >= 15 is 0 Å². The Morgan fingerprint density at radius 3 is 2.38 bits per heavy atom. The van der Waals surface area contributed by atoms with Crippen molar-refractivity contribution in [3.05, 3.63) is 47.4 Å². The predicted molar refractivity (Wildman–Crippen MR) is 98.5 cm³/mol. The van der Waals surface area contributed by atoms with E-state index in [-0.39, 0.29) is 5.91 Å². The number of aromatic nitrogens is 2. The van der Waals surface area contributed by atoms with Crippen LogP contribution in [0.1, 0.15) is 49.3 Å². The molecule has 0 aliphatic heterocycles. The first-order valence-electron chi connectivity index (χ1n) is 8.53. The summed E-state index contributed by atoms with van der Waals surface area (Å²) in [6.07, 6.45) is 3.16. The van der Waals surface area contributed by atoms with Crippen molar-refractivity contribution in [2.24, 2.45) is 5.92 Å². The normalized spacial score (nSPS) is 10.7. The third-order valence-electron chi connectivity index (χ3n) is 3.83. The van der Waals surface area contributed by atoms with Gasteiger partial charge in [0.2, 0.25) is 0 Å². The van der Waals surface area contributed by atoms with Crippen LogP contribution in [0.3, 0.4) is 0 Å². The molecule has 24 heavy (non-hydrogen) atoms. The van der Waals surface area contributed by atoms with Crippen molar-refractivity contribution < 1.29 is 4.79 Å². The average molecular weight is 326 g/mol. The maximum absolute atomic E-state index is 12.6. The van der Waals surface area contributed by atoms with E-state index in [4.69, 9.17) is 0 Å². The molecule has 0 aliphatic rings. The van der Waals surface area contributed by atoms with Crippen molar-refractivity contribution >= 4 is 17.4 Å². The number of para-hydroxylation sites is 1. The van der Waals surface area contributed by atoms with E-state index < -0.39 is 0 Å². The summed E-state index contributed by atoms with van der Waals surface area (Å²) in [5, 5.41) is 6.25. The average Bonchev–Trinajstić information content (AvgIpc) is 2.60. The number of aryl methyl sites for hydroxylation is 2. The van der Waals surface area contributed by atoms with E-state index in [1.807, 2.05) is 18.2 Å². The van der Waals surface area contributed by atoms with Gasteiger partial charge in [-0.3, -0.25) is 4.79 Å². The summed E-state index contributed by atoms with van der Waals surface area (Å²) in [5.74, 6) is 0.963. The van der Waals surface area contributed by atoms with Crippen LogP contribution < -0.4 is 10.6 Å². The summed E-state index contributed by atoms with van der Waals surface area (Å²) in [7, 11) is 0. The van der Waals surface area contributed by atoms with E-state index in [1.54, 1.807) is 6.07 Å². The molecule has 0 unspecified atom stereocenters. The minimum Gasteiger partial charge on any atom is -0.370 e. The van der Waals surface area contributed by atoms with E-state index in [0.29, 0.717) is 17.4 Å². The summed E-state index contributed by atoms with van der Waals surface area (Å²) in [6, 6.07) is 7.82. The molecule has 2 N–H and O–H groups in total. The van der Waals surface area contributed by atoms with Gasteiger partial charge in [-0.2, -0.15) is 0 Å². The molecule has 0 saturated heterocycles. The Bertz CT molecular complexity index is 675. The first-order valence-corrected chi connectivity index (χ1v) is 8.53. The van der Waals surface area contributed by atoms with Gasteiger partial charge in [-0.15, -0.1) is 0 Å². The van der Waals surface area contributed by atoms with Gasteiger partial charge in [0.25, 0.3) is 5.91 Å². The van der Waals surface area contributed by atoms with Gasteiger partial charge >= 0.3 is 0 Å². The first-order chi connectivity index (χ1) is 11.5. The molecule has 0 fully saturated rings. The van der Waals surface area contributed by atoms with Crippen molar-refractivity contribution in [3.63, 3.8) is 0 Å². The van der Waals surface area contributed by atoms with Crippen LogP contribution in [0, 0.1) is 5.92 Å². The standard InChI is InChI=1S/C19H26N4O/c1-5-14-8-7-9-15(6-2)18(14)23-19(24)16-10-17(22-12-21-16)20-11-13(3)4/h7-10,12-13H,5-6,11H2,1-4H3,(H,23,24)(H,20,21,22). The van der Waals surface area contributed by atoms with Gasteiger partial charge in [0, 0.05) is 18.3 Å². The van der Waals surface area contributed by atoms with Crippen LogP contribution in [0.2, 0.25) is 0 Å². The lowest BCUT2D eigenvalue weighted by molar-refractivity contribution is 0.102. The Kier molecular flexibility index (Phi) is 6.29. The second kappa shape index (κ2) is 8.43. The minimum atomic E-state index is -0.208. The van der Waals surface area contributed by atoms with Crippen molar-refractivity contribution in [3.8, 4) is 0 Å². The molecular formula is C19H26N4O. The van der Waals surface area contributed by atoms with Crippen LogP contribution >= 0.6 is 0 Å². The van der Waals surface area contributed by atoms with Gasteiger partial charge < -0.3 is 10.6 Å². The molecule has 0 saturated carbocycles. The second-order valence-corrected chi connectivity index (χ2v) is 6.18. The number of hydrogen-bond donors (Lipinski definition) is 2. The van der Waals surface area contributed by atoms with Gasteiger partial charge in [-0.1, -0.05) is 45.9 Å². The topological polar surface area (TPSA) is 66.9 Å². The predicted octanol–water partition coefficient (Wildman–Crippen LogP) is 3.92. The monoisotopic (exact) mass is 326 g/mol. The molecule has 0 spiro atoms. The molecule has 2 rings (SSSR count). The molecular weight excluding hydrogens is 300 g/mol. The Labute approximate surface area is 143 Å². The first kappa shape index (κ1) is 17.9. The fourth-order valence-corrected chi connectivity index (χ4v) is 2.47. The van der Waals surface area contributed by atoms with Crippen LogP contribution in [0.4, 0.5) is 11.5 Å². The largest absolute Gasteiger partial charge is 0.370 e. The molecule has 0 aliphatic carbocycles. The zero-order chi connectivity index (χ0) is 17.5. The number of anilines is 2. The minimum absolute atomic E-state index is 0.208. The third kappa shape index (κ3) is 4.54. The fourth-order valence-electron chi connectivity index (χ4n) is 2.47. The zero-order valence-corrected chi connectivity index (χ0v) is 14.9. The van der Waals surface area contributed by atoms with Gasteiger partial charge in [0.1, 0.15) is 17.8 Å². The Hall–Kier alpha value is -2.43. The molecule has 128 valence electrons. The van der Waals surface area contributed by atoms with Crippen LogP contribution in [0.15, 0.2) is 30.6 Å². The maximum Gasteiger partial charge on any atom is 0.274 e. The van der Waals surface area contributed by atoms with Crippen LogP contribution in [0.25, 0.3) is 0 Å². The number of nitrogens with one attached hydrogen (secondary N) is 2. The highest BCUT2D eigenvalue weighted by atomic mass is 16.1. The molecule has 1 aromatic heterocycles. The quantitative estimate of drug-likeness (QED) is 0.809. The summed E-state index contributed by atoms with van der Waals surface area (Å²) in [4.78, 5) is 20.9. The SMILES string of the molecule is CCc1cccc(CC)c1NC(=O)c1cc(NCC(C)C)ncn1. The highest BCUT2D eigenvalue weighted by Gasteiger charge is 2.13. The molecule has 0 bridgehead atoms. The van der Waals surface area contributed by atoms with Crippen LogP contribution in [0.5, 0.6) is 0 Å². The summed E-state index contributed by atoms with van der Waals surface area (Å²) < 4.78 is 0. The number of carbonyl (C=O) groups excluding carboxylic acids is 1. The molecule has 0 radical (unpaired) electrons. The number of rotatable bonds is 7. The Balaban J connectivity index is 2.20. The molecule has 1 heterocycles. The summed E-state index contributed by atoms with van der Waals surface area (Å²) >= 11 is 0. The summed E-state index contributed by atoms with van der Waals surface area (Å²) in [5.41, 5.74) is 3.54. The van der Waals surface area contributed by atoms with Gasteiger partial charge in [0.15, 0.2) is 0 Å². The lowest BCUT2D eigenvalue weighted by Crippen LogP contribution is -2.17. The van der Waals surface area contributed by atoms with Gasteiger partial charge in [0.05, 0.1) is 0 Å². The van der Waals surface area contributed by atoms with Crippen molar-refractivity contribution in [2.75, 3.05) is 17.2 Å². The zero-order valence-electron chi connectivity index (χ0n) is 14.9.